The molecule has 1 fully saturated rings. The maximum absolute atomic E-state index is 11.0. The molecule has 1 N–H and O–H groups in total. The van der Waals surface area contributed by atoms with Gasteiger partial charge >= 0.3 is 0 Å². The van der Waals surface area contributed by atoms with Crippen LogP contribution in [0.25, 0.3) is 0 Å². The number of aliphatic hydroxyl groups is 1. The van der Waals surface area contributed by atoms with Crippen LogP contribution in [0.3, 0.4) is 0 Å². The van der Waals surface area contributed by atoms with Crippen molar-refractivity contribution in [3.05, 3.63) is 35.9 Å². The summed E-state index contributed by atoms with van der Waals surface area (Å²) in [5.74, 6) is 0.355. The smallest absolute Gasteiger partial charge is 0.0936 e. The van der Waals surface area contributed by atoms with Crippen LogP contribution in [0, 0.1) is 5.92 Å². The zero-order valence-electron chi connectivity index (χ0n) is 10.9. The van der Waals surface area contributed by atoms with Crippen LogP contribution in [0.15, 0.2) is 30.3 Å². The quantitative estimate of drug-likeness (QED) is 0.867. The van der Waals surface area contributed by atoms with Gasteiger partial charge in [-0.3, -0.25) is 0 Å². The van der Waals surface area contributed by atoms with Crippen LogP contribution in [0.1, 0.15) is 31.2 Å². The summed E-state index contributed by atoms with van der Waals surface area (Å²) in [6, 6.07) is 10.2. The second kappa shape index (κ2) is 5.19. The van der Waals surface area contributed by atoms with Gasteiger partial charge in [-0.1, -0.05) is 43.2 Å². The highest BCUT2D eigenvalue weighted by molar-refractivity contribution is 5.24. The van der Waals surface area contributed by atoms with Gasteiger partial charge in [0.2, 0.25) is 0 Å². The molecule has 0 radical (unpaired) electrons. The van der Waals surface area contributed by atoms with Crippen molar-refractivity contribution in [3.8, 4) is 0 Å². The van der Waals surface area contributed by atoms with Gasteiger partial charge in [-0.25, -0.2) is 0 Å². The molecule has 0 saturated heterocycles. The molecule has 1 aromatic carbocycles. The highest BCUT2D eigenvalue weighted by Crippen LogP contribution is 2.41. The topological polar surface area (TPSA) is 23.5 Å². The number of rotatable bonds is 3. The third-order valence-electron chi connectivity index (χ3n) is 3.90. The average Bonchev–Trinajstić information content (AvgIpc) is 2.33. The van der Waals surface area contributed by atoms with Gasteiger partial charge < -0.3 is 10.0 Å². The maximum atomic E-state index is 11.0. The fourth-order valence-corrected chi connectivity index (χ4v) is 3.02. The summed E-state index contributed by atoms with van der Waals surface area (Å²) in [5, 5.41) is 11.0. The van der Waals surface area contributed by atoms with E-state index in [0.717, 1.165) is 31.4 Å². The molecule has 0 spiro atoms. The summed E-state index contributed by atoms with van der Waals surface area (Å²) >= 11 is 0. The van der Waals surface area contributed by atoms with E-state index >= 15 is 0 Å². The Hall–Kier alpha value is -0.860. The molecule has 0 amide bonds. The van der Waals surface area contributed by atoms with E-state index in [-0.39, 0.29) is 0 Å². The Kier molecular flexibility index (Phi) is 3.85. The molecular weight excluding hydrogens is 210 g/mol. The monoisotopic (exact) mass is 233 g/mol. The maximum Gasteiger partial charge on any atom is 0.0936 e. The molecule has 0 bridgehead atoms. The van der Waals surface area contributed by atoms with Crippen molar-refractivity contribution < 1.29 is 5.11 Å². The normalized spacial score (nSPS) is 29.5. The Morgan fingerprint density at radius 2 is 1.94 bits per heavy atom. The summed E-state index contributed by atoms with van der Waals surface area (Å²) in [4.78, 5) is 2.18. The van der Waals surface area contributed by atoms with Crippen molar-refractivity contribution in [3.63, 3.8) is 0 Å². The largest absolute Gasteiger partial charge is 0.385 e. The molecule has 17 heavy (non-hydrogen) atoms. The number of nitrogens with zero attached hydrogens (tertiary/aromatic N) is 1. The molecule has 2 atom stereocenters. The molecule has 0 unspecified atom stereocenters. The fraction of sp³-hybridized carbons (Fsp3) is 0.600. The van der Waals surface area contributed by atoms with Crippen molar-refractivity contribution in [2.45, 2.75) is 31.3 Å². The Labute approximate surface area is 104 Å². The minimum absolute atomic E-state index is 0.355. The molecule has 0 aliphatic heterocycles. The van der Waals surface area contributed by atoms with E-state index in [2.05, 4.69) is 31.1 Å². The summed E-state index contributed by atoms with van der Waals surface area (Å²) in [6.07, 6.45) is 4.40. The van der Waals surface area contributed by atoms with Gasteiger partial charge in [0.1, 0.15) is 0 Å². The molecule has 94 valence electrons. The second-order valence-corrected chi connectivity index (χ2v) is 5.50. The minimum atomic E-state index is -0.621. The second-order valence-electron chi connectivity index (χ2n) is 5.50. The summed E-state index contributed by atoms with van der Waals surface area (Å²) in [6.45, 7) is 0.964. The van der Waals surface area contributed by atoms with E-state index in [9.17, 15) is 5.11 Å². The van der Waals surface area contributed by atoms with Crippen molar-refractivity contribution in [2.24, 2.45) is 5.92 Å². The average molecular weight is 233 g/mol. The molecule has 2 heteroatoms. The molecule has 1 aliphatic carbocycles. The van der Waals surface area contributed by atoms with Gasteiger partial charge in [0.15, 0.2) is 0 Å². The van der Waals surface area contributed by atoms with Gasteiger partial charge in [-0.2, -0.15) is 0 Å². The van der Waals surface area contributed by atoms with E-state index in [4.69, 9.17) is 0 Å². The minimum Gasteiger partial charge on any atom is -0.385 e. The molecule has 1 aromatic rings. The first-order chi connectivity index (χ1) is 8.13. The number of hydrogen-bond acceptors (Lipinski definition) is 2. The Morgan fingerprint density at radius 3 is 2.59 bits per heavy atom. The van der Waals surface area contributed by atoms with Crippen LogP contribution >= 0.6 is 0 Å². The number of benzene rings is 1. The zero-order valence-corrected chi connectivity index (χ0v) is 10.9. The van der Waals surface area contributed by atoms with Gasteiger partial charge in [-0.05, 0) is 32.5 Å². The lowest BCUT2D eigenvalue weighted by molar-refractivity contribution is -0.0618. The van der Waals surface area contributed by atoms with Gasteiger partial charge in [0, 0.05) is 12.5 Å². The lowest BCUT2D eigenvalue weighted by Gasteiger charge is -2.41. The van der Waals surface area contributed by atoms with E-state index in [1.165, 1.54) is 6.42 Å². The van der Waals surface area contributed by atoms with Crippen molar-refractivity contribution in [2.75, 3.05) is 20.6 Å². The van der Waals surface area contributed by atoms with Crippen molar-refractivity contribution >= 4 is 0 Å². The zero-order chi connectivity index (χ0) is 12.3. The molecule has 2 nitrogen and oxygen atoms in total. The van der Waals surface area contributed by atoms with Crippen molar-refractivity contribution in [1.29, 1.82) is 0 Å². The lowest BCUT2D eigenvalue weighted by Crippen LogP contribution is -2.42. The third kappa shape index (κ3) is 2.70. The predicted molar refractivity (Wildman–Crippen MR) is 70.9 cm³/mol. The standard InChI is InChI=1S/C15H23NO/c1-16(2)12-14-10-6-7-11-15(14,17)13-8-4-3-5-9-13/h3-5,8-9,14,17H,6-7,10-12H2,1-2H3/t14-,15+/m1/s1. The van der Waals surface area contributed by atoms with Crippen LogP contribution in [0.4, 0.5) is 0 Å². The molecule has 0 heterocycles. The van der Waals surface area contributed by atoms with Crippen LogP contribution in [-0.2, 0) is 5.60 Å². The highest BCUT2D eigenvalue weighted by Gasteiger charge is 2.40. The first-order valence-electron chi connectivity index (χ1n) is 6.55. The lowest BCUT2D eigenvalue weighted by atomic mass is 9.71. The van der Waals surface area contributed by atoms with E-state index in [1.807, 2.05) is 18.2 Å². The highest BCUT2D eigenvalue weighted by atomic mass is 16.3. The van der Waals surface area contributed by atoms with Gasteiger partial charge in [0.25, 0.3) is 0 Å². The summed E-state index contributed by atoms with van der Waals surface area (Å²) in [7, 11) is 4.17. The Balaban J connectivity index is 2.25. The fourth-order valence-electron chi connectivity index (χ4n) is 3.02. The van der Waals surface area contributed by atoms with E-state index in [0.29, 0.717) is 5.92 Å². The molecular formula is C15H23NO. The molecule has 0 aromatic heterocycles. The van der Waals surface area contributed by atoms with Crippen LogP contribution in [0.5, 0.6) is 0 Å². The number of hydrogen-bond donors (Lipinski definition) is 1. The van der Waals surface area contributed by atoms with Crippen molar-refractivity contribution in [1.82, 2.24) is 4.90 Å². The van der Waals surface area contributed by atoms with E-state index in [1.54, 1.807) is 0 Å². The molecule has 1 aliphatic rings. The van der Waals surface area contributed by atoms with Gasteiger partial charge in [0.05, 0.1) is 5.60 Å². The van der Waals surface area contributed by atoms with Gasteiger partial charge in [-0.15, -0.1) is 0 Å². The first-order valence-corrected chi connectivity index (χ1v) is 6.55. The molecule has 1 saturated carbocycles. The third-order valence-corrected chi connectivity index (χ3v) is 3.90. The van der Waals surface area contributed by atoms with Crippen LogP contribution in [-0.4, -0.2) is 30.6 Å². The summed E-state index contributed by atoms with van der Waals surface area (Å²) < 4.78 is 0. The van der Waals surface area contributed by atoms with Crippen LogP contribution in [0.2, 0.25) is 0 Å². The van der Waals surface area contributed by atoms with E-state index < -0.39 is 5.60 Å². The summed E-state index contributed by atoms with van der Waals surface area (Å²) in [5.41, 5.74) is 0.468. The van der Waals surface area contributed by atoms with Crippen LogP contribution < -0.4 is 0 Å². The molecule has 2 rings (SSSR count). The first kappa shape index (κ1) is 12.6. The Morgan fingerprint density at radius 1 is 1.24 bits per heavy atom. The predicted octanol–water partition coefficient (Wildman–Crippen LogP) is 2.63. The Bertz CT molecular complexity index is 349. The SMILES string of the molecule is CN(C)C[C@H]1CCCC[C@]1(O)c1ccccc1.